The zero-order valence-electron chi connectivity index (χ0n) is 14.7. The van der Waals surface area contributed by atoms with E-state index < -0.39 is 7.37 Å². The topological polar surface area (TPSA) is 26.3 Å². The SMILES string of the molecule is CCOP1(=O)C(c2ccc(F)cc2)=C(c2ccc(F)cc2)c2ccccc21. The number of halogens is 2. The van der Waals surface area contributed by atoms with E-state index in [2.05, 4.69) is 0 Å². The van der Waals surface area contributed by atoms with Crippen LogP contribution in [0.15, 0.2) is 72.8 Å². The van der Waals surface area contributed by atoms with Crippen molar-refractivity contribution in [2.24, 2.45) is 0 Å². The fourth-order valence-electron chi connectivity index (χ4n) is 3.48. The molecule has 0 aliphatic carbocycles. The van der Waals surface area contributed by atoms with Crippen LogP contribution in [0.3, 0.4) is 0 Å². The highest BCUT2D eigenvalue weighted by molar-refractivity contribution is 7.78. The van der Waals surface area contributed by atoms with Crippen LogP contribution in [0.2, 0.25) is 0 Å². The summed E-state index contributed by atoms with van der Waals surface area (Å²) < 4.78 is 46.8. The molecule has 0 bridgehead atoms. The molecular weight excluding hydrogens is 365 g/mol. The van der Waals surface area contributed by atoms with Gasteiger partial charge in [-0.2, -0.15) is 0 Å². The van der Waals surface area contributed by atoms with Gasteiger partial charge < -0.3 is 4.52 Å². The van der Waals surface area contributed by atoms with Crippen LogP contribution in [0.1, 0.15) is 23.6 Å². The molecule has 1 heterocycles. The van der Waals surface area contributed by atoms with Gasteiger partial charge in [-0.05, 0) is 53.9 Å². The van der Waals surface area contributed by atoms with Gasteiger partial charge in [0.25, 0.3) is 7.37 Å². The maximum atomic E-state index is 14.1. The molecule has 1 unspecified atom stereocenters. The summed E-state index contributed by atoms with van der Waals surface area (Å²) in [5, 5.41) is 1.14. The molecule has 5 heteroatoms. The molecular formula is C22H17F2O2P. The molecule has 27 heavy (non-hydrogen) atoms. The predicted molar refractivity (Wildman–Crippen MR) is 104 cm³/mol. The second-order valence-electron chi connectivity index (χ2n) is 6.22. The maximum absolute atomic E-state index is 14.1. The highest BCUT2D eigenvalue weighted by atomic mass is 31.2. The summed E-state index contributed by atoms with van der Waals surface area (Å²) in [7, 11) is -3.38. The zero-order chi connectivity index (χ0) is 19.0. The summed E-state index contributed by atoms with van der Waals surface area (Å²) in [5.41, 5.74) is 2.89. The molecule has 3 aromatic carbocycles. The van der Waals surface area contributed by atoms with Crippen molar-refractivity contribution in [1.29, 1.82) is 0 Å². The zero-order valence-corrected chi connectivity index (χ0v) is 15.5. The van der Waals surface area contributed by atoms with Gasteiger partial charge in [0.05, 0.1) is 11.9 Å². The molecule has 0 N–H and O–H groups in total. The lowest BCUT2D eigenvalue weighted by molar-refractivity contribution is 0.349. The Morgan fingerprint density at radius 1 is 0.815 bits per heavy atom. The summed E-state index contributed by atoms with van der Waals surface area (Å²) in [6.45, 7) is 2.06. The van der Waals surface area contributed by atoms with Gasteiger partial charge in [0.15, 0.2) is 0 Å². The third kappa shape index (κ3) is 2.95. The second kappa shape index (κ2) is 6.88. The molecule has 1 atom stereocenters. The van der Waals surface area contributed by atoms with Crippen molar-refractivity contribution in [3.63, 3.8) is 0 Å². The average Bonchev–Trinajstić information content (AvgIpc) is 2.93. The summed E-state index contributed by atoms with van der Waals surface area (Å²) in [6, 6.07) is 19.3. The lowest BCUT2D eigenvalue weighted by Gasteiger charge is -2.18. The Hall–Kier alpha value is -2.55. The minimum atomic E-state index is -3.38. The van der Waals surface area contributed by atoms with Gasteiger partial charge in [0.1, 0.15) is 11.6 Å². The molecule has 3 aromatic rings. The molecule has 0 radical (unpaired) electrons. The molecule has 0 saturated carbocycles. The van der Waals surface area contributed by atoms with Crippen LogP contribution in [0.25, 0.3) is 10.9 Å². The Balaban J connectivity index is 2.07. The number of hydrogen-bond acceptors (Lipinski definition) is 2. The van der Waals surface area contributed by atoms with Gasteiger partial charge in [0.2, 0.25) is 0 Å². The van der Waals surface area contributed by atoms with Gasteiger partial charge in [-0.1, -0.05) is 42.5 Å². The van der Waals surface area contributed by atoms with Crippen LogP contribution in [0, 0.1) is 11.6 Å². The van der Waals surface area contributed by atoms with Gasteiger partial charge in [-0.3, -0.25) is 4.57 Å². The summed E-state index contributed by atoms with van der Waals surface area (Å²) in [6.07, 6.45) is 0. The highest BCUT2D eigenvalue weighted by Gasteiger charge is 2.43. The van der Waals surface area contributed by atoms with Crippen LogP contribution < -0.4 is 5.30 Å². The Labute approximate surface area is 156 Å². The normalized spacial score (nSPS) is 18.6. The predicted octanol–water partition coefficient (Wildman–Crippen LogP) is 5.83. The Morgan fingerprint density at radius 3 is 1.96 bits per heavy atom. The standard InChI is InChI=1S/C22H17F2O2P/c1-2-26-27(25)20-6-4-3-5-19(20)21(15-7-11-17(23)12-8-15)22(27)16-9-13-18(24)14-10-16/h3-14H,2H2,1H3. The summed E-state index contributed by atoms with van der Waals surface area (Å²) in [4.78, 5) is 0. The van der Waals surface area contributed by atoms with Gasteiger partial charge in [0, 0.05) is 10.9 Å². The van der Waals surface area contributed by atoms with E-state index in [-0.39, 0.29) is 18.2 Å². The molecule has 2 nitrogen and oxygen atoms in total. The first-order valence-electron chi connectivity index (χ1n) is 8.66. The van der Waals surface area contributed by atoms with E-state index >= 15 is 0 Å². The van der Waals surface area contributed by atoms with Crippen molar-refractivity contribution < 1.29 is 17.9 Å². The van der Waals surface area contributed by atoms with Gasteiger partial charge >= 0.3 is 0 Å². The van der Waals surface area contributed by atoms with Crippen LogP contribution in [-0.4, -0.2) is 6.61 Å². The largest absolute Gasteiger partial charge is 0.322 e. The number of rotatable bonds is 4. The molecule has 136 valence electrons. The maximum Gasteiger partial charge on any atom is 0.263 e. The van der Waals surface area contributed by atoms with Crippen LogP contribution in [-0.2, 0) is 9.09 Å². The van der Waals surface area contributed by atoms with E-state index in [1.807, 2.05) is 18.2 Å². The minimum Gasteiger partial charge on any atom is -0.322 e. The molecule has 4 rings (SSSR count). The van der Waals surface area contributed by atoms with Crippen molar-refractivity contribution in [2.45, 2.75) is 6.92 Å². The minimum absolute atomic E-state index is 0.271. The van der Waals surface area contributed by atoms with E-state index in [4.69, 9.17) is 4.52 Å². The van der Waals surface area contributed by atoms with Crippen molar-refractivity contribution in [2.75, 3.05) is 6.61 Å². The average molecular weight is 382 g/mol. The molecule has 0 fully saturated rings. The van der Waals surface area contributed by atoms with Gasteiger partial charge in [-0.25, -0.2) is 8.78 Å². The Kier molecular flexibility index (Phi) is 4.55. The lowest BCUT2D eigenvalue weighted by Crippen LogP contribution is -2.07. The fraction of sp³-hybridized carbons (Fsp3) is 0.0909. The van der Waals surface area contributed by atoms with E-state index in [0.29, 0.717) is 16.2 Å². The first-order chi connectivity index (χ1) is 13.0. The smallest absolute Gasteiger partial charge is 0.263 e. The van der Waals surface area contributed by atoms with Crippen LogP contribution in [0.5, 0.6) is 0 Å². The fourth-order valence-corrected chi connectivity index (χ4v) is 6.18. The molecule has 0 aromatic heterocycles. The van der Waals surface area contributed by atoms with E-state index in [9.17, 15) is 13.3 Å². The van der Waals surface area contributed by atoms with E-state index in [0.717, 1.165) is 16.7 Å². The van der Waals surface area contributed by atoms with E-state index in [1.54, 1.807) is 37.3 Å². The molecule has 0 saturated heterocycles. The van der Waals surface area contributed by atoms with Crippen molar-refractivity contribution in [3.05, 3.63) is 101 Å². The van der Waals surface area contributed by atoms with Crippen molar-refractivity contribution in [1.82, 2.24) is 0 Å². The van der Waals surface area contributed by atoms with Crippen molar-refractivity contribution in [3.8, 4) is 0 Å². The van der Waals surface area contributed by atoms with Crippen LogP contribution in [0.4, 0.5) is 8.78 Å². The number of fused-ring (bicyclic) bond motifs is 1. The third-order valence-corrected chi connectivity index (χ3v) is 7.30. The molecule has 1 aliphatic heterocycles. The van der Waals surface area contributed by atoms with E-state index in [1.165, 1.54) is 24.3 Å². The number of hydrogen-bond donors (Lipinski definition) is 0. The Morgan fingerprint density at radius 2 is 1.37 bits per heavy atom. The Bertz CT molecular complexity index is 1070. The molecule has 0 spiro atoms. The third-order valence-electron chi connectivity index (χ3n) is 4.58. The molecule has 0 amide bonds. The quantitative estimate of drug-likeness (QED) is 0.530. The monoisotopic (exact) mass is 382 g/mol. The van der Waals surface area contributed by atoms with Crippen LogP contribution >= 0.6 is 7.37 Å². The summed E-state index contributed by atoms with van der Waals surface area (Å²) >= 11 is 0. The summed E-state index contributed by atoms with van der Waals surface area (Å²) in [5.74, 6) is -0.716. The highest BCUT2D eigenvalue weighted by Crippen LogP contribution is 2.66. The first-order valence-corrected chi connectivity index (χ1v) is 10.3. The lowest BCUT2D eigenvalue weighted by atomic mass is 9.96. The molecule has 1 aliphatic rings. The first kappa shape index (κ1) is 17.8. The second-order valence-corrected chi connectivity index (χ2v) is 8.51. The van der Waals surface area contributed by atoms with Gasteiger partial charge in [-0.15, -0.1) is 0 Å². The van der Waals surface area contributed by atoms with Crippen molar-refractivity contribution >= 4 is 23.6 Å². The number of benzene rings is 3.